The fourth-order valence-corrected chi connectivity index (χ4v) is 7.60. The molecule has 0 bridgehead atoms. The van der Waals surface area contributed by atoms with Crippen molar-refractivity contribution in [2.45, 2.75) is 32.4 Å². The largest absolute Gasteiger partial charge is 0.327 e. The second-order valence-corrected chi connectivity index (χ2v) is 10.2. The van der Waals surface area contributed by atoms with Crippen LogP contribution in [0.15, 0.2) is 12.7 Å². The zero-order chi connectivity index (χ0) is 12.6. The monoisotopic (exact) mass is 281 g/mol. The standard InChI is InChI=1S/C10H20NO2PS2/c1-5-8-11(9-12)14(15,13-7-3)16-10(4)6-2/h5,9-10H,1,6-8H2,2-4H3. The van der Waals surface area contributed by atoms with Crippen LogP contribution >= 0.6 is 17.0 Å². The van der Waals surface area contributed by atoms with Crippen LogP contribution in [0.1, 0.15) is 27.2 Å². The molecular formula is C10H20NO2PS2. The fraction of sp³-hybridized carbons (Fsp3) is 0.700. The molecule has 0 heterocycles. The molecule has 0 aliphatic heterocycles. The van der Waals surface area contributed by atoms with Crippen LogP contribution in [0.3, 0.4) is 0 Å². The van der Waals surface area contributed by atoms with Crippen molar-refractivity contribution >= 4 is 35.2 Å². The van der Waals surface area contributed by atoms with Gasteiger partial charge in [0.1, 0.15) is 0 Å². The summed E-state index contributed by atoms with van der Waals surface area (Å²) in [4.78, 5) is 11.0. The third kappa shape index (κ3) is 5.00. The van der Waals surface area contributed by atoms with E-state index in [0.29, 0.717) is 18.4 Å². The topological polar surface area (TPSA) is 29.5 Å². The van der Waals surface area contributed by atoms with E-state index < -0.39 is 5.62 Å². The van der Waals surface area contributed by atoms with Crippen LogP contribution in [0.4, 0.5) is 0 Å². The molecule has 0 aromatic heterocycles. The SMILES string of the molecule is C=CCN(C=O)P(=S)(OCC)SC(C)CC. The van der Waals surface area contributed by atoms with Gasteiger partial charge in [0, 0.05) is 11.8 Å². The Morgan fingerprint density at radius 3 is 2.62 bits per heavy atom. The average Bonchev–Trinajstić information content (AvgIpc) is 2.25. The predicted molar refractivity (Wildman–Crippen MR) is 76.2 cm³/mol. The highest BCUT2D eigenvalue weighted by molar-refractivity contribution is 8.69. The van der Waals surface area contributed by atoms with Gasteiger partial charge in [0.15, 0.2) is 0 Å². The lowest BCUT2D eigenvalue weighted by Crippen LogP contribution is -2.19. The third-order valence-electron chi connectivity index (χ3n) is 1.93. The van der Waals surface area contributed by atoms with E-state index in [-0.39, 0.29) is 0 Å². The van der Waals surface area contributed by atoms with Crippen molar-refractivity contribution in [3.8, 4) is 0 Å². The van der Waals surface area contributed by atoms with Gasteiger partial charge in [-0.15, -0.1) is 6.58 Å². The molecular weight excluding hydrogens is 261 g/mol. The predicted octanol–water partition coefficient (Wildman–Crippen LogP) is 3.42. The molecule has 0 saturated heterocycles. The van der Waals surface area contributed by atoms with Crippen LogP contribution < -0.4 is 0 Å². The highest BCUT2D eigenvalue weighted by Crippen LogP contribution is 2.64. The van der Waals surface area contributed by atoms with Gasteiger partial charge in [0.05, 0.1) is 6.61 Å². The summed E-state index contributed by atoms with van der Waals surface area (Å²) in [5, 5.41) is 0.393. The van der Waals surface area contributed by atoms with Crippen LogP contribution in [-0.4, -0.2) is 29.5 Å². The van der Waals surface area contributed by atoms with E-state index in [1.807, 2.05) is 6.92 Å². The van der Waals surface area contributed by atoms with Crippen molar-refractivity contribution in [2.75, 3.05) is 13.2 Å². The Bertz CT molecular complexity index is 274. The van der Waals surface area contributed by atoms with Gasteiger partial charge < -0.3 is 4.52 Å². The van der Waals surface area contributed by atoms with Crippen LogP contribution in [0, 0.1) is 0 Å². The molecule has 0 spiro atoms. The minimum absolute atomic E-state index is 0.393. The van der Waals surface area contributed by atoms with Gasteiger partial charge in [-0.2, -0.15) is 0 Å². The fourth-order valence-electron chi connectivity index (χ4n) is 0.963. The summed E-state index contributed by atoms with van der Waals surface area (Å²) >= 11 is 7.12. The van der Waals surface area contributed by atoms with Crippen LogP contribution in [0.5, 0.6) is 0 Å². The lowest BCUT2D eigenvalue weighted by molar-refractivity contribution is -0.113. The quantitative estimate of drug-likeness (QED) is 0.368. The zero-order valence-corrected chi connectivity index (χ0v) is 12.6. The van der Waals surface area contributed by atoms with Crippen LogP contribution in [-0.2, 0) is 21.1 Å². The Morgan fingerprint density at radius 1 is 1.62 bits per heavy atom. The van der Waals surface area contributed by atoms with E-state index in [0.717, 1.165) is 12.8 Å². The molecule has 0 saturated carbocycles. The maximum atomic E-state index is 11.0. The molecule has 0 fully saturated rings. The summed E-state index contributed by atoms with van der Waals surface area (Å²) in [6, 6.07) is 0. The minimum atomic E-state index is -2.27. The van der Waals surface area contributed by atoms with E-state index >= 15 is 0 Å². The summed E-state index contributed by atoms with van der Waals surface area (Å²) in [6.45, 7) is 10.7. The van der Waals surface area contributed by atoms with Gasteiger partial charge in [-0.1, -0.05) is 31.3 Å². The van der Waals surface area contributed by atoms with E-state index in [2.05, 4.69) is 20.4 Å². The molecule has 2 unspecified atom stereocenters. The van der Waals surface area contributed by atoms with E-state index in [4.69, 9.17) is 16.3 Å². The maximum Gasteiger partial charge on any atom is 0.215 e. The average molecular weight is 281 g/mol. The van der Waals surface area contributed by atoms with Gasteiger partial charge in [0.2, 0.25) is 12.0 Å². The molecule has 0 aliphatic carbocycles. The third-order valence-corrected chi connectivity index (χ3v) is 8.91. The molecule has 16 heavy (non-hydrogen) atoms. The number of hydrogen-bond acceptors (Lipinski definition) is 4. The number of nitrogens with zero attached hydrogens (tertiary/aromatic N) is 1. The van der Waals surface area contributed by atoms with E-state index in [9.17, 15) is 4.79 Å². The molecule has 6 heteroatoms. The lowest BCUT2D eigenvalue weighted by Gasteiger charge is -2.31. The first kappa shape index (κ1) is 16.2. The molecule has 0 aromatic rings. The molecule has 1 amide bonds. The highest BCUT2D eigenvalue weighted by Gasteiger charge is 2.27. The minimum Gasteiger partial charge on any atom is -0.327 e. The summed E-state index contributed by atoms with van der Waals surface area (Å²) < 4.78 is 7.21. The van der Waals surface area contributed by atoms with Crippen molar-refractivity contribution in [1.82, 2.24) is 4.67 Å². The number of carbonyl (C=O) groups is 1. The number of carbonyl (C=O) groups excluding carboxylic acids is 1. The van der Waals surface area contributed by atoms with Gasteiger partial charge in [-0.05, 0) is 25.2 Å². The van der Waals surface area contributed by atoms with Crippen molar-refractivity contribution < 1.29 is 9.32 Å². The Hall–Kier alpha value is 0.170. The van der Waals surface area contributed by atoms with E-state index in [1.165, 1.54) is 0 Å². The van der Waals surface area contributed by atoms with Crippen LogP contribution in [0.25, 0.3) is 0 Å². The number of hydrogen-bond donors (Lipinski definition) is 0. The summed E-state index contributed by atoms with van der Waals surface area (Å²) in [7, 11) is 0. The molecule has 94 valence electrons. The van der Waals surface area contributed by atoms with Crippen LogP contribution in [0.2, 0.25) is 0 Å². The smallest absolute Gasteiger partial charge is 0.215 e. The summed E-state index contributed by atoms with van der Waals surface area (Å²) in [5.74, 6) is 0. The molecule has 0 aliphatic rings. The first-order chi connectivity index (χ1) is 7.53. The van der Waals surface area contributed by atoms with Gasteiger partial charge in [-0.3, -0.25) is 9.46 Å². The first-order valence-corrected chi connectivity index (χ1v) is 9.46. The Morgan fingerprint density at radius 2 is 2.25 bits per heavy atom. The molecule has 0 aromatic carbocycles. The normalized spacial score (nSPS) is 16.2. The zero-order valence-electron chi connectivity index (χ0n) is 10.1. The number of rotatable bonds is 9. The summed E-state index contributed by atoms with van der Waals surface area (Å²) in [6.07, 6.45) is 3.45. The van der Waals surface area contributed by atoms with Crippen molar-refractivity contribution in [1.29, 1.82) is 0 Å². The Labute approximate surface area is 108 Å². The Kier molecular flexibility index (Phi) is 8.38. The van der Waals surface area contributed by atoms with Gasteiger partial charge in [-0.25, -0.2) is 0 Å². The van der Waals surface area contributed by atoms with E-state index in [1.54, 1.807) is 22.1 Å². The number of amides is 1. The van der Waals surface area contributed by atoms with Gasteiger partial charge in [0.25, 0.3) is 0 Å². The van der Waals surface area contributed by atoms with Gasteiger partial charge >= 0.3 is 0 Å². The Balaban J connectivity index is 4.82. The molecule has 0 N–H and O–H groups in total. The second kappa shape index (κ2) is 8.29. The molecule has 0 rings (SSSR count). The van der Waals surface area contributed by atoms with Crippen molar-refractivity contribution in [2.24, 2.45) is 0 Å². The maximum absolute atomic E-state index is 11.0. The molecule has 3 nitrogen and oxygen atoms in total. The molecule has 0 radical (unpaired) electrons. The molecule has 2 atom stereocenters. The first-order valence-electron chi connectivity index (χ1n) is 5.30. The second-order valence-electron chi connectivity index (χ2n) is 3.23. The van der Waals surface area contributed by atoms with Crippen molar-refractivity contribution in [3.05, 3.63) is 12.7 Å². The summed E-state index contributed by atoms with van der Waals surface area (Å²) in [5.41, 5.74) is -2.27. The highest BCUT2D eigenvalue weighted by atomic mass is 32.9. The lowest BCUT2D eigenvalue weighted by atomic mass is 10.4. The van der Waals surface area contributed by atoms with Crippen molar-refractivity contribution in [3.63, 3.8) is 0 Å².